The molecule has 37 heavy (non-hydrogen) atoms. The SMILES string of the molecule is COc1ccccc1C1C(C(=O)OCc2ccccc2)=C(C)N=C2SC=C(CC(=O)NCCN(C)C)N21. The normalized spacial score (nSPS) is 16.8. The molecule has 2 aliphatic rings. The number of para-hydroxylation sites is 1. The number of hydrogen-bond donors (Lipinski definition) is 1. The molecule has 0 saturated heterocycles. The highest BCUT2D eigenvalue weighted by Crippen LogP contribution is 2.46. The summed E-state index contributed by atoms with van der Waals surface area (Å²) in [5.74, 6) is 0.0987. The Bertz CT molecular complexity index is 1240. The van der Waals surface area contributed by atoms with Crippen molar-refractivity contribution in [2.24, 2.45) is 4.99 Å². The van der Waals surface area contributed by atoms with E-state index in [4.69, 9.17) is 14.5 Å². The molecule has 194 valence electrons. The average molecular weight is 521 g/mol. The number of amidine groups is 1. The van der Waals surface area contributed by atoms with Crippen LogP contribution in [-0.4, -0.2) is 61.1 Å². The molecule has 0 aromatic heterocycles. The van der Waals surface area contributed by atoms with Gasteiger partial charge in [0.25, 0.3) is 0 Å². The Morgan fingerprint density at radius 3 is 2.57 bits per heavy atom. The van der Waals surface area contributed by atoms with Crippen LogP contribution in [0.15, 0.2) is 82.0 Å². The maximum Gasteiger partial charge on any atom is 0.338 e. The molecule has 8 nitrogen and oxygen atoms in total. The van der Waals surface area contributed by atoms with Gasteiger partial charge >= 0.3 is 5.97 Å². The van der Waals surface area contributed by atoms with Gasteiger partial charge in [-0.05, 0) is 38.1 Å². The highest BCUT2D eigenvalue weighted by atomic mass is 32.2. The molecule has 1 atom stereocenters. The molecule has 2 aromatic rings. The van der Waals surface area contributed by atoms with Gasteiger partial charge < -0.3 is 24.6 Å². The molecular weight excluding hydrogens is 488 g/mol. The number of allylic oxidation sites excluding steroid dienone is 1. The number of aliphatic imine (C=N–C) groups is 1. The van der Waals surface area contributed by atoms with E-state index in [9.17, 15) is 9.59 Å². The number of esters is 1. The molecule has 0 fully saturated rings. The van der Waals surface area contributed by atoms with Gasteiger partial charge in [-0.3, -0.25) is 4.79 Å². The fourth-order valence-corrected chi connectivity index (χ4v) is 5.23. The van der Waals surface area contributed by atoms with Crippen LogP contribution in [0.1, 0.15) is 30.5 Å². The summed E-state index contributed by atoms with van der Waals surface area (Å²) in [6.07, 6.45) is 0.163. The largest absolute Gasteiger partial charge is 0.496 e. The summed E-state index contributed by atoms with van der Waals surface area (Å²) in [6, 6.07) is 16.6. The van der Waals surface area contributed by atoms with Gasteiger partial charge in [-0.25, -0.2) is 9.79 Å². The van der Waals surface area contributed by atoms with Gasteiger partial charge in [0.05, 0.1) is 30.8 Å². The monoisotopic (exact) mass is 520 g/mol. The van der Waals surface area contributed by atoms with Crippen LogP contribution in [0.3, 0.4) is 0 Å². The summed E-state index contributed by atoms with van der Waals surface area (Å²) in [6.45, 7) is 3.27. The second-order valence-electron chi connectivity index (χ2n) is 9.03. The van der Waals surface area contributed by atoms with Gasteiger partial charge in [-0.15, -0.1) is 0 Å². The zero-order valence-electron chi connectivity index (χ0n) is 21.6. The Labute approximate surface area is 222 Å². The predicted molar refractivity (Wildman–Crippen MR) is 146 cm³/mol. The highest BCUT2D eigenvalue weighted by molar-refractivity contribution is 8.16. The van der Waals surface area contributed by atoms with Crippen molar-refractivity contribution in [3.63, 3.8) is 0 Å². The van der Waals surface area contributed by atoms with E-state index >= 15 is 0 Å². The molecule has 1 amide bonds. The lowest BCUT2D eigenvalue weighted by atomic mass is 9.93. The summed E-state index contributed by atoms with van der Waals surface area (Å²) >= 11 is 1.44. The molecule has 1 unspecified atom stereocenters. The van der Waals surface area contributed by atoms with E-state index in [1.54, 1.807) is 7.11 Å². The number of rotatable bonds is 10. The van der Waals surface area contributed by atoms with E-state index in [0.717, 1.165) is 23.4 Å². The van der Waals surface area contributed by atoms with E-state index in [2.05, 4.69) is 5.32 Å². The predicted octanol–water partition coefficient (Wildman–Crippen LogP) is 4.08. The fourth-order valence-electron chi connectivity index (χ4n) is 4.26. The minimum Gasteiger partial charge on any atom is -0.496 e. The number of thioether (sulfide) groups is 1. The van der Waals surface area contributed by atoms with Crippen molar-refractivity contribution in [2.45, 2.75) is 26.0 Å². The van der Waals surface area contributed by atoms with Gasteiger partial charge in [-0.2, -0.15) is 0 Å². The number of nitrogens with one attached hydrogen (secondary N) is 1. The van der Waals surface area contributed by atoms with Crippen molar-refractivity contribution in [1.29, 1.82) is 0 Å². The van der Waals surface area contributed by atoms with E-state index in [1.807, 2.05) is 90.8 Å². The smallest absolute Gasteiger partial charge is 0.338 e. The van der Waals surface area contributed by atoms with Crippen molar-refractivity contribution >= 4 is 28.8 Å². The number of fused-ring (bicyclic) bond motifs is 1. The summed E-state index contributed by atoms with van der Waals surface area (Å²) < 4.78 is 11.4. The van der Waals surface area contributed by atoms with Gasteiger partial charge in [0.15, 0.2) is 5.17 Å². The standard InChI is InChI=1S/C28H32N4O4S/c1-19-25(27(34)36-17-20-10-6-5-7-11-20)26(22-12-8-9-13-23(22)35-4)32-21(18-37-28(32)30-19)16-24(33)29-14-15-31(2)3/h5-13,18,26H,14-17H2,1-4H3,(H,29,33). The van der Waals surface area contributed by atoms with Crippen LogP contribution >= 0.6 is 11.8 Å². The first-order valence-corrected chi connectivity index (χ1v) is 13.0. The van der Waals surface area contributed by atoms with Gasteiger partial charge in [-0.1, -0.05) is 60.3 Å². The topological polar surface area (TPSA) is 83.5 Å². The van der Waals surface area contributed by atoms with E-state index < -0.39 is 12.0 Å². The van der Waals surface area contributed by atoms with Crippen molar-refractivity contribution in [3.8, 4) is 5.75 Å². The van der Waals surface area contributed by atoms with Crippen LogP contribution in [-0.2, 0) is 20.9 Å². The van der Waals surface area contributed by atoms with Crippen molar-refractivity contribution < 1.29 is 19.1 Å². The van der Waals surface area contributed by atoms with Crippen LogP contribution in [0.5, 0.6) is 5.75 Å². The number of methoxy groups -OCH3 is 1. The lowest BCUT2D eigenvalue weighted by Crippen LogP contribution is -2.38. The Morgan fingerprint density at radius 2 is 1.84 bits per heavy atom. The van der Waals surface area contributed by atoms with Gasteiger partial charge in [0.2, 0.25) is 5.91 Å². The maximum absolute atomic E-state index is 13.6. The molecule has 4 rings (SSSR count). The molecule has 1 N–H and O–H groups in total. The Hall–Kier alpha value is -3.56. The number of carbonyl (C=O) groups is 2. The number of amides is 1. The molecule has 0 bridgehead atoms. The van der Waals surface area contributed by atoms with E-state index in [0.29, 0.717) is 28.7 Å². The third-order valence-corrected chi connectivity index (χ3v) is 6.98. The summed E-state index contributed by atoms with van der Waals surface area (Å²) in [5, 5.41) is 5.61. The second kappa shape index (κ2) is 12.1. The second-order valence-corrected chi connectivity index (χ2v) is 9.86. The van der Waals surface area contributed by atoms with Crippen LogP contribution in [0.25, 0.3) is 0 Å². The quantitative estimate of drug-likeness (QED) is 0.473. The van der Waals surface area contributed by atoms with Crippen molar-refractivity contribution in [3.05, 3.63) is 88.1 Å². The molecule has 0 spiro atoms. The minimum absolute atomic E-state index is 0.0896. The number of likely N-dealkylation sites (N-methyl/N-ethyl adjacent to an activating group) is 1. The lowest BCUT2D eigenvalue weighted by Gasteiger charge is -2.36. The first-order valence-electron chi connectivity index (χ1n) is 12.1. The van der Waals surface area contributed by atoms with E-state index in [1.165, 1.54) is 11.8 Å². The summed E-state index contributed by atoms with van der Waals surface area (Å²) in [4.78, 5) is 35.0. The molecule has 0 aliphatic carbocycles. The Balaban J connectivity index is 1.65. The van der Waals surface area contributed by atoms with Crippen LogP contribution < -0.4 is 10.1 Å². The summed E-state index contributed by atoms with van der Waals surface area (Å²) in [7, 11) is 5.53. The van der Waals surface area contributed by atoms with Crippen LogP contribution in [0.4, 0.5) is 0 Å². The highest BCUT2D eigenvalue weighted by Gasteiger charge is 2.42. The molecule has 0 saturated carbocycles. The van der Waals surface area contributed by atoms with E-state index in [-0.39, 0.29) is 18.9 Å². The zero-order chi connectivity index (χ0) is 26.4. The molecule has 0 radical (unpaired) electrons. The fraction of sp³-hybridized carbons (Fsp3) is 0.321. The maximum atomic E-state index is 13.6. The summed E-state index contributed by atoms with van der Waals surface area (Å²) in [5.41, 5.74) is 3.46. The third-order valence-electron chi connectivity index (χ3n) is 6.09. The van der Waals surface area contributed by atoms with Gasteiger partial charge in [0, 0.05) is 24.4 Å². The Morgan fingerprint density at radius 1 is 1.11 bits per heavy atom. The van der Waals surface area contributed by atoms with Crippen LogP contribution in [0.2, 0.25) is 0 Å². The third kappa shape index (κ3) is 6.23. The zero-order valence-corrected chi connectivity index (χ0v) is 22.4. The number of ether oxygens (including phenoxy) is 2. The number of hydrogen-bond acceptors (Lipinski definition) is 8. The molecule has 2 heterocycles. The molecule has 2 aromatic carbocycles. The number of benzene rings is 2. The molecular formula is C28H32N4O4S. The van der Waals surface area contributed by atoms with Crippen LogP contribution in [0, 0.1) is 0 Å². The first-order chi connectivity index (χ1) is 17.9. The van der Waals surface area contributed by atoms with Crippen molar-refractivity contribution in [2.75, 3.05) is 34.3 Å². The molecule has 2 aliphatic heterocycles. The number of nitrogens with zero attached hydrogens (tertiary/aromatic N) is 3. The average Bonchev–Trinajstić information content (AvgIpc) is 3.28. The minimum atomic E-state index is -0.553. The van der Waals surface area contributed by atoms with Crippen molar-refractivity contribution in [1.82, 2.24) is 15.1 Å². The van der Waals surface area contributed by atoms with Gasteiger partial charge in [0.1, 0.15) is 12.4 Å². The Kier molecular flexibility index (Phi) is 8.68. The lowest BCUT2D eigenvalue weighted by molar-refractivity contribution is -0.141. The number of carbonyl (C=O) groups excluding carboxylic acids is 2. The molecule has 9 heteroatoms. The first kappa shape index (κ1) is 26.5.